The number of pyridine rings is 1. The zero-order chi connectivity index (χ0) is 24.0. The maximum Gasteiger partial charge on any atom is 0.222 e. The summed E-state index contributed by atoms with van der Waals surface area (Å²) < 4.78 is 6.74. The van der Waals surface area contributed by atoms with Gasteiger partial charge >= 0.3 is 0 Å². The minimum absolute atomic E-state index is 0.0833. The van der Waals surface area contributed by atoms with Crippen LogP contribution in [0.2, 0.25) is 0 Å². The quantitative estimate of drug-likeness (QED) is 0.316. The van der Waals surface area contributed by atoms with Crippen molar-refractivity contribution in [2.75, 3.05) is 31.6 Å². The maximum atomic E-state index is 11.6. The lowest BCUT2D eigenvalue weighted by molar-refractivity contribution is -0.195. The summed E-state index contributed by atoms with van der Waals surface area (Å²) in [7, 11) is 0. The first-order valence-corrected chi connectivity index (χ1v) is 13.2. The highest BCUT2D eigenvalue weighted by atomic mass is 127. The summed E-state index contributed by atoms with van der Waals surface area (Å²) in [5, 5.41) is 9.97. The van der Waals surface area contributed by atoms with Crippen LogP contribution in [0.5, 0.6) is 0 Å². The second-order valence-electron chi connectivity index (χ2n) is 9.19. The predicted octanol–water partition coefficient (Wildman–Crippen LogP) is 4.58. The van der Waals surface area contributed by atoms with Gasteiger partial charge in [-0.1, -0.05) is 12.1 Å². The number of halogens is 1. The fourth-order valence-corrected chi connectivity index (χ4v) is 6.38. The summed E-state index contributed by atoms with van der Waals surface area (Å²) in [6, 6.07) is 15.0. The molecule has 2 aliphatic heterocycles. The molecule has 0 radical (unpaired) electrons. The number of thiophene rings is 1. The molecule has 10 heteroatoms. The van der Waals surface area contributed by atoms with Gasteiger partial charge in [0.1, 0.15) is 12.1 Å². The Hall–Kier alpha value is -2.67. The van der Waals surface area contributed by atoms with Gasteiger partial charge in [0, 0.05) is 40.1 Å². The molecule has 4 aromatic rings. The van der Waals surface area contributed by atoms with Gasteiger partial charge in [-0.25, -0.2) is 9.97 Å². The van der Waals surface area contributed by atoms with E-state index in [9.17, 15) is 4.79 Å². The Morgan fingerprint density at radius 2 is 2.00 bits per heavy atom. The number of nitrogens with zero attached hydrogens (tertiary/aromatic N) is 4. The van der Waals surface area contributed by atoms with Crippen LogP contribution in [-0.2, 0) is 9.53 Å². The average molecular weight is 598 g/mol. The Morgan fingerprint density at radius 1 is 1.20 bits per heavy atom. The van der Waals surface area contributed by atoms with E-state index < -0.39 is 0 Å². The molecular formula is C25H23IN6O2S. The van der Waals surface area contributed by atoms with Crippen LogP contribution in [-0.4, -0.2) is 57.3 Å². The minimum Gasteiger partial charge on any atom is -0.380 e. The van der Waals surface area contributed by atoms with Gasteiger partial charge in [0.2, 0.25) is 5.91 Å². The second-order valence-corrected chi connectivity index (χ2v) is 11.5. The van der Waals surface area contributed by atoms with Crippen molar-refractivity contribution >= 4 is 45.7 Å². The lowest BCUT2D eigenvalue weighted by Crippen LogP contribution is -2.66. The highest BCUT2D eigenvalue weighted by Crippen LogP contribution is 2.48. The van der Waals surface area contributed by atoms with Crippen molar-refractivity contribution in [2.45, 2.75) is 13.0 Å². The fraction of sp³-hybridized carbons (Fsp3) is 0.280. The van der Waals surface area contributed by atoms with E-state index in [0.717, 1.165) is 47.4 Å². The van der Waals surface area contributed by atoms with E-state index in [-0.39, 0.29) is 11.9 Å². The first-order valence-electron chi connectivity index (χ1n) is 11.3. The van der Waals surface area contributed by atoms with Crippen LogP contribution in [0.25, 0.3) is 21.1 Å². The molecule has 1 atom stereocenters. The molecule has 0 aliphatic carbocycles. The SMILES string of the molecule is CC(=O)Nc1cc(-c2cc(C(c3ccc(I)cc3)N3CC4(COC4)C3)c(-c3ncn[nH]3)s2)ccn1. The smallest absolute Gasteiger partial charge is 0.222 e. The number of aromatic nitrogens is 4. The summed E-state index contributed by atoms with van der Waals surface area (Å²) in [6.45, 7) is 5.18. The zero-order valence-corrected chi connectivity index (χ0v) is 22.0. The second kappa shape index (κ2) is 9.08. The molecule has 35 heavy (non-hydrogen) atoms. The number of amides is 1. The summed E-state index contributed by atoms with van der Waals surface area (Å²) in [6.07, 6.45) is 3.27. The Bertz CT molecular complexity index is 1360. The molecule has 1 aromatic carbocycles. The molecule has 6 rings (SSSR count). The van der Waals surface area contributed by atoms with E-state index in [0.29, 0.717) is 11.2 Å². The Labute approximate surface area is 220 Å². The number of benzene rings is 1. The minimum atomic E-state index is -0.144. The molecule has 3 aromatic heterocycles. The first kappa shape index (κ1) is 22.8. The Balaban J connectivity index is 1.45. The van der Waals surface area contributed by atoms with Crippen LogP contribution in [0.4, 0.5) is 5.82 Å². The van der Waals surface area contributed by atoms with Crippen LogP contribution >= 0.6 is 33.9 Å². The molecule has 5 heterocycles. The largest absolute Gasteiger partial charge is 0.380 e. The number of H-pyrrole nitrogens is 1. The first-order chi connectivity index (χ1) is 17.0. The molecule has 2 saturated heterocycles. The molecule has 8 nitrogen and oxygen atoms in total. The van der Waals surface area contributed by atoms with E-state index in [1.165, 1.54) is 21.6 Å². The summed E-state index contributed by atoms with van der Waals surface area (Å²) in [4.78, 5) is 25.0. The van der Waals surface area contributed by atoms with Gasteiger partial charge < -0.3 is 10.1 Å². The zero-order valence-electron chi connectivity index (χ0n) is 19.0. The average Bonchev–Trinajstić information content (AvgIpc) is 3.45. The number of carbonyl (C=O) groups excluding carboxylic acids is 1. The van der Waals surface area contributed by atoms with E-state index >= 15 is 0 Å². The summed E-state index contributed by atoms with van der Waals surface area (Å²) in [5.74, 6) is 1.15. The molecule has 178 valence electrons. The van der Waals surface area contributed by atoms with Crippen molar-refractivity contribution in [3.05, 3.63) is 69.7 Å². The number of ether oxygens (including phenoxy) is 1. The monoisotopic (exact) mass is 598 g/mol. The van der Waals surface area contributed by atoms with Crippen molar-refractivity contribution in [1.29, 1.82) is 0 Å². The number of nitrogens with one attached hydrogen (secondary N) is 2. The number of aromatic amines is 1. The van der Waals surface area contributed by atoms with Crippen molar-refractivity contribution in [2.24, 2.45) is 5.41 Å². The van der Waals surface area contributed by atoms with E-state index in [4.69, 9.17) is 4.74 Å². The summed E-state index contributed by atoms with van der Waals surface area (Å²) >= 11 is 4.02. The lowest BCUT2D eigenvalue weighted by atomic mass is 9.76. The van der Waals surface area contributed by atoms with Crippen LogP contribution in [0.3, 0.4) is 0 Å². The third kappa shape index (κ3) is 4.39. The molecule has 2 aliphatic rings. The normalized spacial score (nSPS) is 17.5. The Kier molecular flexibility index (Phi) is 5.91. The molecule has 0 bridgehead atoms. The third-order valence-electron chi connectivity index (χ3n) is 6.48. The van der Waals surface area contributed by atoms with Gasteiger partial charge in [-0.3, -0.25) is 14.8 Å². The van der Waals surface area contributed by atoms with Crippen molar-refractivity contribution in [1.82, 2.24) is 25.1 Å². The highest BCUT2D eigenvalue weighted by molar-refractivity contribution is 14.1. The van der Waals surface area contributed by atoms with Crippen LogP contribution in [0, 0.1) is 8.99 Å². The van der Waals surface area contributed by atoms with E-state index in [1.807, 2.05) is 12.1 Å². The highest BCUT2D eigenvalue weighted by Gasteiger charge is 2.51. The molecule has 2 fully saturated rings. The van der Waals surface area contributed by atoms with Crippen LogP contribution in [0.1, 0.15) is 24.1 Å². The van der Waals surface area contributed by atoms with Gasteiger partial charge in [0.15, 0.2) is 5.82 Å². The number of likely N-dealkylation sites (tertiary alicyclic amines) is 1. The van der Waals surface area contributed by atoms with Crippen molar-refractivity contribution < 1.29 is 9.53 Å². The van der Waals surface area contributed by atoms with Gasteiger partial charge in [-0.2, -0.15) is 5.10 Å². The molecule has 1 spiro atoms. The van der Waals surface area contributed by atoms with Crippen molar-refractivity contribution in [3.8, 4) is 21.1 Å². The third-order valence-corrected chi connectivity index (χ3v) is 8.40. The van der Waals surface area contributed by atoms with Gasteiger partial charge in [-0.15, -0.1) is 11.3 Å². The maximum absolute atomic E-state index is 11.6. The number of hydrogen-bond donors (Lipinski definition) is 2. The van der Waals surface area contributed by atoms with Gasteiger partial charge in [0.05, 0.1) is 24.1 Å². The topological polar surface area (TPSA) is 96.0 Å². The number of carbonyl (C=O) groups is 1. The van der Waals surface area contributed by atoms with Gasteiger partial charge in [-0.05, 0) is 69.6 Å². The number of anilines is 1. The molecule has 1 amide bonds. The molecule has 0 saturated carbocycles. The number of hydrogen-bond acceptors (Lipinski definition) is 7. The molecular weight excluding hydrogens is 575 g/mol. The van der Waals surface area contributed by atoms with Gasteiger partial charge in [0.25, 0.3) is 0 Å². The van der Waals surface area contributed by atoms with Crippen LogP contribution < -0.4 is 5.32 Å². The van der Waals surface area contributed by atoms with E-state index in [2.05, 4.69) is 83.3 Å². The lowest BCUT2D eigenvalue weighted by Gasteiger charge is -2.57. The summed E-state index contributed by atoms with van der Waals surface area (Å²) in [5.41, 5.74) is 3.73. The molecule has 1 unspecified atom stereocenters. The fourth-order valence-electron chi connectivity index (χ4n) is 4.89. The van der Waals surface area contributed by atoms with Crippen molar-refractivity contribution in [3.63, 3.8) is 0 Å². The van der Waals surface area contributed by atoms with E-state index in [1.54, 1.807) is 23.9 Å². The predicted molar refractivity (Wildman–Crippen MR) is 143 cm³/mol. The molecule has 2 N–H and O–H groups in total. The van der Waals surface area contributed by atoms with Crippen LogP contribution in [0.15, 0.2) is 55.0 Å². The number of rotatable bonds is 6. The standard InChI is InChI=1S/C25H23IN6O2S/c1-15(33)30-21-8-17(6-7-27-21)20-9-19(23(35-20)24-28-14-29-31-24)22(16-2-4-18(26)5-3-16)32-10-25(11-32)12-34-13-25/h2-9,14,22H,10-13H2,1H3,(H,27,30,33)(H,28,29,31). The Morgan fingerprint density at radius 3 is 2.66 bits per heavy atom.